The SMILES string of the molecule is C.Cc1cccc(CC(CCNC2CCC(N)CC2)c2cn(C3CCCCC3)c3ccccc23)c1. The second-order valence-corrected chi connectivity index (χ2v) is 11.0. The first-order valence-electron chi connectivity index (χ1n) is 13.8. The molecule has 3 heteroatoms. The number of benzene rings is 2. The van der Waals surface area contributed by atoms with Gasteiger partial charge in [-0.15, -0.1) is 0 Å². The lowest BCUT2D eigenvalue weighted by Crippen LogP contribution is -2.38. The average Bonchev–Trinajstić information content (AvgIpc) is 3.25. The fourth-order valence-electron chi connectivity index (χ4n) is 6.49. The highest BCUT2D eigenvalue weighted by Gasteiger charge is 2.24. The van der Waals surface area contributed by atoms with Crippen LogP contribution in [0, 0.1) is 6.92 Å². The van der Waals surface area contributed by atoms with Crippen LogP contribution in [-0.2, 0) is 6.42 Å². The number of aromatic nitrogens is 1. The number of nitrogens with one attached hydrogen (secondary N) is 1. The summed E-state index contributed by atoms with van der Waals surface area (Å²) in [6.45, 7) is 3.29. The van der Waals surface area contributed by atoms with E-state index in [2.05, 4.69) is 71.5 Å². The molecule has 2 aliphatic rings. The molecule has 1 heterocycles. The number of nitrogens with zero attached hydrogens (tertiary/aromatic N) is 1. The van der Waals surface area contributed by atoms with E-state index < -0.39 is 0 Å². The molecule has 0 radical (unpaired) electrons. The lowest BCUT2D eigenvalue weighted by atomic mass is 9.88. The summed E-state index contributed by atoms with van der Waals surface area (Å²) >= 11 is 0. The average molecular weight is 474 g/mol. The molecule has 2 fully saturated rings. The number of para-hydroxylation sites is 1. The largest absolute Gasteiger partial charge is 0.344 e. The molecular formula is C32H47N3. The van der Waals surface area contributed by atoms with Crippen molar-refractivity contribution in [1.29, 1.82) is 0 Å². The minimum atomic E-state index is 0. The molecule has 190 valence electrons. The molecule has 2 aromatic carbocycles. The Labute approximate surface area is 213 Å². The quantitative estimate of drug-likeness (QED) is 0.352. The zero-order valence-electron chi connectivity index (χ0n) is 21.0. The zero-order chi connectivity index (χ0) is 23.3. The van der Waals surface area contributed by atoms with Crippen molar-refractivity contribution in [1.82, 2.24) is 9.88 Å². The maximum absolute atomic E-state index is 6.13. The smallest absolute Gasteiger partial charge is 0.0485 e. The number of hydrogen-bond acceptors (Lipinski definition) is 2. The van der Waals surface area contributed by atoms with E-state index in [-0.39, 0.29) is 7.43 Å². The molecule has 2 saturated carbocycles. The molecule has 0 saturated heterocycles. The summed E-state index contributed by atoms with van der Waals surface area (Å²) in [5.74, 6) is 0.523. The Morgan fingerprint density at radius 2 is 1.71 bits per heavy atom. The monoisotopic (exact) mass is 473 g/mol. The van der Waals surface area contributed by atoms with Gasteiger partial charge in [0.15, 0.2) is 0 Å². The van der Waals surface area contributed by atoms with Gasteiger partial charge in [0.25, 0.3) is 0 Å². The number of aryl methyl sites for hydroxylation is 1. The highest BCUT2D eigenvalue weighted by Crippen LogP contribution is 2.37. The van der Waals surface area contributed by atoms with E-state index in [1.54, 1.807) is 5.56 Å². The van der Waals surface area contributed by atoms with Crippen molar-refractivity contribution < 1.29 is 0 Å². The molecule has 1 atom stereocenters. The second kappa shape index (κ2) is 12.2. The van der Waals surface area contributed by atoms with Crippen molar-refractivity contribution in [3.05, 3.63) is 71.4 Å². The van der Waals surface area contributed by atoms with Crippen molar-refractivity contribution in [3.8, 4) is 0 Å². The first kappa shape index (κ1) is 26.0. The Morgan fingerprint density at radius 1 is 0.943 bits per heavy atom. The Kier molecular flexibility index (Phi) is 9.08. The van der Waals surface area contributed by atoms with Crippen molar-refractivity contribution in [2.24, 2.45) is 5.73 Å². The van der Waals surface area contributed by atoms with Crippen molar-refractivity contribution in [2.75, 3.05) is 6.54 Å². The van der Waals surface area contributed by atoms with Crippen LogP contribution in [0.5, 0.6) is 0 Å². The van der Waals surface area contributed by atoms with Crippen LogP contribution < -0.4 is 11.1 Å². The zero-order valence-corrected chi connectivity index (χ0v) is 21.0. The van der Waals surface area contributed by atoms with Gasteiger partial charge in [-0.3, -0.25) is 0 Å². The summed E-state index contributed by atoms with van der Waals surface area (Å²) in [7, 11) is 0. The molecule has 5 rings (SSSR count). The van der Waals surface area contributed by atoms with E-state index in [0.29, 0.717) is 24.0 Å². The molecule has 35 heavy (non-hydrogen) atoms. The third-order valence-corrected chi connectivity index (χ3v) is 8.44. The molecule has 1 aromatic heterocycles. The third-order valence-electron chi connectivity index (χ3n) is 8.44. The topological polar surface area (TPSA) is 43.0 Å². The van der Waals surface area contributed by atoms with Gasteiger partial charge in [0, 0.05) is 35.2 Å². The van der Waals surface area contributed by atoms with Gasteiger partial charge in [0.1, 0.15) is 0 Å². The van der Waals surface area contributed by atoms with Gasteiger partial charge < -0.3 is 15.6 Å². The summed E-state index contributed by atoms with van der Waals surface area (Å²) < 4.78 is 2.64. The van der Waals surface area contributed by atoms with E-state index in [1.165, 1.54) is 86.2 Å². The summed E-state index contributed by atoms with van der Waals surface area (Å²) in [5.41, 5.74) is 11.9. The molecular weight excluding hydrogens is 426 g/mol. The van der Waals surface area contributed by atoms with Gasteiger partial charge in [-0.25, -0.2) is 0 Å². The van der Waals surface area contributed by atoms with E-state index in [1.807, 2.05) is 0 Å². The Balaban J connectivity index is 0.00000289. The van der Waals surface area contributed by atoms with Crippen LogP contribution in [0.4, 0.5) is 0 Å². The summed E-state index contributed by atoms with van der Waals surface area (Å²) in [4.78, 5) is 0. The molecule has 3 nitrogen and oxygen atoms in total. The third kappa shape index (κ3) is 6.37. The standard InChI is InChI=1S/C31H43N3.CH4/c1-23-8-7-9-24(20-23)21-25(18-19-33-27-16-14-26(32)15-17-27)30-22-34(28-10-3-2-4-11-28)31-13-6-5-12-29(30)31;/h5-9,12-13,20,22,25-28,33H,2-4,10-11,14-19,21,32H2,1H3;1H4. The molecule has 0 spiro atoms. The van der Waals surface area contributed by atoms with Crippen molar-refractivity contribution in [3.63, 3.8) is 0 Å². The van der Waals surface area contributed by atoms with E-state index >= 15 is 0 Å². The highest BCUT2D eigenvalue weighted by molar-refractivity contribution is 5.84. The predicted octanol–water partition coefficient (Wildman–Crippen LogP) is 7.67. The Bertz CT molecular complexity index is 1050. The van der Waals surface area contributed by atoms with Gasteiger partial charge in [-0.05, 0) is 87.9 Å². The molecule has 2 aliphatic carbocycles. The van der Waals surface area contributed by atoms with Gasteiger partial charge in [-0.2, -0.15) is 0 Å². The van der Waals surface area contributed by atoms with E-state index in [4.69, 9.17) is 5.73 Å². The number of hydrogen-bond donors (Lipinski definition) is 2. The Hall–Kier alpha value is -2.10. The fourth-order valence-corrected chi connectivity index (χ4v) is 6.49. The van der Waals surface area contributed by atoms with Gasteiger partial charge in [-0.1, -0.05) is 74.7 Å². The lowest BCUT2D eigenvalue weighted by molar-refractivity contribution is 0.338. The minimum Gasteiger partial charge on any atom is -0.344 e. The molecule has 0 bridgehead atoms. The Morgan fingerprint density at radius 3 is 2.49 bits per heavy atom. The number of nitrogens with two attached hydrogens (primary N) is 1. The highest BCUT2D eigenvalue weighted by atomic mass is 15.0. The van der Waals surface area contributed by atoms with Crippen LogP contribution in [-0.4, -0.2) is 23.2 Å². The normalized spacial score (nSPS) is 22.1. The first-order chi connectivity index (χ1) is 16.7. The lowest BCUT2D eigenvalue weighted by Gasteiger charge is -2.28. The predicted molar refractivity (Wildman–Crippen MR) is 151 cm³/mol. The van der Waals surface area contributed by atoms with Crippen LogP contribution in [0.25, 0.3) is 10.9 Å². The molecule has 0 amide bonds. The molecule has 3 aromatic rings. The maximum Gasteiger partial charge on any atom is 0.0485 e. The number of rotatable bonds is 8. The number of fused-ring (bicyclic) bond motifs is 1. The molecule has 0 aliphatic heterocycles. The van der Waals surface area contributed by atoms with E-state index in [9.17, 15) is 0 Å². The molecule has 1 unspecified atom stereocenters. The van der Waals surface area contributed by atoms with Crippen LogP contribution in [0.3, 0.4) is 0 Å². The second-order valence-electron chi connectivity index (χ2n) is 11.0. The summed E-state index contributed by atoms with van der Waals surface area (Å²) in [5, 5.41) is 5.36. The van der Waals surface area contributed by atoms with Crippen LogP contribution in [0.2, 0.25) is 0 Å². The van der Waals surface area contributed by atoms with Gasteiger partial charge in [0.2, 0.25) is 0 Å². The van der Waals surface area contributed by atoms with Crippen molar-refractivity contribution >= 4 is 10.9 Å². The van der Waals surface area contributed by atoms with E-state index in [0.717, 1.165) is 13.0 Å². The van der Waals surface area contributed by atoms with Crippen LogP contribution in [0.1, 0.15) is 100 Å². The van der Waals surface area contributed by atoms with Crippen LogP contribution >= 0.6 is 0 Å². The fraction of sp³-hybridized carbons (Fsp3) is 0.562. The maximum atomic E-state index is 6.13. The summed E-state index contributed by atoms with van der Waals surface area (Å²) in [6.07, 6.45) is 16.4. The molecule has 3 N–H and O–H groups in total. The summed E-state index contributed by atoms with van der Waals surface area (Å²) in [6, 6.07) is 20.0. The minimum absolute atomic E-state index is 0. The van der Waals surface area contributed by atoms with Gasteiger partial charge in [0.05, 0.1) is 0 Å². The van der Waals surface area contributed by atoms with Crippen molar-refractivity contribution in [2.45, 2.75) is 109 Å². The first-order valence-corrected chi connectivity index (χ1v) is 13.8. The van der Waals surface area contributed by atoms with Crippen LogP contribution in [0.15, 0.2) is 54.7 Å². The van der Waals surface area contributed by atoms with Gasteiger partial charge >= 0.3 is 0 Å².